The molecule has 0 atom stereocenters. The average Bonchev–Trinajstić information content (AvgIpc) is 2.17. The summed E-state index contributed by atoms with van der Waals surface area (Å²) in [6.45, 7) is 0. The van der Waals surface area contributed by atoms with E-state index in [9.17, 15) is 8.78 Å². The Kier molecular flexibility index (Phi) is 2.69. The number of halogens is 3. The first-order valence-electron chi connectivity index (χ1n) is 4.29. The van der Waals surface area contributed by atoms with E-state index in [1.165, 1.54) is 12.1 Å². The van der Waals surface area contributed by atoms with Crippen LogP contribution in [0.1, 0.15) is 0 Å². The van der Waals surface area contributed by atoms with E-state index in [-0.39, 0.29) is 0 Å². The van der Waals surface area contributed by atoms with Gasteiger partial charge in [-0.15, -0.1) is 0 Å². The lowest BCUT2D eigenvalue weighted by Crippen LogP contribution is -1.85. The molecule has 3 heteroatoms. The monoisotopic (exact) mass is 223 g/mol. The zero-order valence-electron chi connectivity index (χ0n) is 7.60. The van der Waals surface area contributed by atoms with Crippen LogP contribution in [-0.4, -0.2) is 0 Å². The third-order valence-electron chi connectivity index (χ3n) is 2.01. The molecule has 2 aromatic rings. The SMILES string of the molecule is Fc1ccc(-c2cc[c]c(Cl)c2)c(F)c1. The average molecular weight is 224 g/mol. The van der Waals surface area contributed by atoms with Crippen molar-refractivity contribution in [2.45, 2.75) is 0 Å². The predicted octanol–water partition coefficient (Wildman–Crippen LogP) is 4.09. The molecular weight excluding hydrogens is 218 g/mol. The fraction of sp³-hybridized carbons (Fsp3) is 0. The summed E-state index contributed by atoms with van der Waals surface area (Å²) < 4.78 is 26.0. The van der Waals surface area contributed by atoms with Gasteiger partial charge >= 0.3 is 0 Å². The van der Waals surface area contributed by atoms with Gasteiger partial charge in [0.25, 0.3) is 0 Å². The lowest BCUT2D eigenvalue weighted by molar-refractivity contribution is 0.585. The van der Waals surface area contributed by atoms with Gasteiger partial charge in [-0.25, -0.2) is 8.78 Å². The summed E-state index contributed by atoms with van der Waals surface area (Å²) in [6.07, 6.45) is 0. The second-order valence-corrected chi connectivity index (χ2v) is 3.46. The first-order chi connectivity index (χ1) is 7.16. The van der Waals surface area contributed by atoms with Gasteiger partial charge < -0.3 is 0 Å². The Morgan fingerprint density at radius 1 is 1.07 bits per heavy atom. The van der Waals surface area contributed by atoms with Crippen molar-refractivity contribution in [1.82, 2.24) is 0 Å². The smallest absolute Gasteiger partial charge is 0.133 e. The van der Waals surface area contributed by atoms with Crippen LogP contribution in [0.15, 0.2) is 36.4 Å². The van der Waals surface area contributed by atoms with Crippen molar-refractivity contribution in [3.05, 3.63) is 59.1 Å². The van der Waals surface area contributed by atoms with Crippen LogP contribution in [-0.2, 0) is 0 Å². The Morgan fingerprint density at radius 2 is 1.87 bits per heavy atom. The Hall–Kier alpha value is -1.41. The number of hydrogen-bond acceptors (Lipinski definition) is 0. The van der Waals surface area contributed by atoms with E-state index in [1.54, 1.807) is 18.2 Å². The summed E-state index contributed by atoms with van der Waals surface area (Å²) in [4.78, 5) is 0. The maximum atomic E-state index is 13.4. The molecule has 0 spiro atoms. The van der Waals surface area contributed by atoms with Crippen LogP contribution >= 0.6 is 11.6 Å². The molecule has 0 bridgehead atoms. The van der Waals surface area contributed by atoms with E-state index in [0.717, 1.165) is 6.07 Å². The zero-order chi connectivity index (χ0) is 10.8. The highest BCUT2D eigenvalue weighted by molar-refractivity contribution is 6.30. The van der Waals surface area contributed by atoms with E-state index in [4.69, 9.17) is 11.6 Å². The van der Waals surface area contributed by atoms with E-state index in [0.29, 0.717) is 16.1 Å². The summed E-state index contributed by atoms with van der Waals surface area (Å²) in [7, 11) is 0. The van der Waals surface area contributed by atoms with Gasteiger partial charge in [0.15, 0.2) is 0 Å². The largest absolute Gasteiger partial charge is 0.207 e. The topological polar surface area (TPSA) is 0 Å². The van der Waals surface area contributed by atoms with E-state index >= 15 is 0 Å². The van der Waals surface area contributed by atoms with Gasteiger partial charge in [0, 0.05) is 22.7 Å². The first-order valence-corrected chi connectivity index (χ1v) is 4.67. The highest BCUT2D eigenvalue weighted by atomic mass is 35.5. The quantitative estimate of drug-likeness (QED) is 0.683. The molecule has 0 unspecified atom stereocenters. The Bertz CT molecular complexity index is 495. The normalized spacial score (nSPS) is 10.3. The molecule has 0 heterocycles. The van der Waals surface area contributed by atoms with Crippen molar-refractivity contribution in [2.24, 2.45) is 0 Å². The molecule has 0 aliphatic carbocycles. The summed E-state index contributed by atoms with van der Waals surface area (Å²) in [5.74, 6) is -1.19. The highest BCUT2D eigenvalue weighted by Crippen LogP contribution is 2.25. The van der Waals surface area contributed by atoms with Crippen LogP contribution in [0.3, 0.4) is 0 Å². The van der Waals surface area contributed by atoms with Crippen LogP contribution < -0.4 is 0 Å². The standard InChI is InChI=1S/C12H6ClF2/c13-9-3-1-2-8(6-9)11-5-4-10(14)7-12(11)15/h1-2,4-7H. The molecular formula is C12H6ClF2. The second-order valence-electron chi connectivity index (χ2n) is 3.05. The van der Waals surface area contributed by atoms with Crippen molar-refractivity contribution >= 4 is 11.6 Å². The molecule has 0 nitrogen and oxygen atoms in total. The fourth-order valence-electron chi connectivity index (χ4n) is 1.33. The van der Waals surface area contributed by atoms with E-state index in [1.807, 2.05) is 0 Å². The lowest BCUT2D eigenvalue weighted by Gasteiger charge is -2.03. The molecule has 2 aromatic carbocycles. The van der Waals surface area contributed by atoms with Gasteiger partial charge in [0.1, 0.15) is 11.6 Å². The predicted molar refractivity (Wildman–Crippen MR) is 55.6 cm³/mol. The Labute approximate surface area is 91.1 Å². The summed E-state index contributed by atoms with van der Waals surface area (Å²) in [5, 5.41) is 0.399. The highest BCUT2D eigenvalue weighted by Gasteiger charge is 2.06. The van der Waals surface area contributed by atoms with Crippen molar-refractivity contribution in [2.75, 3.05) is 0 Å². The van der Waals surface area contributed by atoms with Gasteiger partial charge in [-0.3, -0.25) is 0 Å². The minimum Gasteiger partial charge on any atom is -0.207 e. The fourth-order valence-corrected chi connectivity index (χ4v) is 1.51. The number of benzene rings is 2. The molecule has 2 rings (SSSR count). The maximum absolute atomic E-state index is 13.4. The van der Waals surface area contributed by atoms with Gasteiger partial charge in [0.2, 0.25) is 0 Å². The van der Waals surface area contributed by atoms with Crippen molar-refractivity contribution < 1.29 is 8.78 Å². The molecule has 0 fully saturated rings. The number of hydrogen-bond donors (Lipinski definition) is 0. The van der Waals surface area contributed by atoms with Gasteiger partial charge in [-0.2, -0.15) is 0 Å². The maximum Gasteiger partial charge on any atom is 0.133 e. The zero-order valence-corrected chi connectivity index (χ0v) is 8.35. The number of rotatable bonds is 1. The molecule has 0 N–H and O–H groups in total. The molecule has 0 aliphatic rings. The Morgan fingerprint density at radius 3 is 2.53 bits per heavy atom. The molecule has 0 saturated heterocycles. The summed E-state index contributed by atoms with van der Waals surface area (Å²) in [5.41, 5.74) is 0.934. The van der Waals surface area contributed by atoms with Gasteiger partial charge in [-0.1, -0.05) is 23.7 Å². The first kappa shape index (κ1) is 10.1. The third kappa shape index (κ3) is 2.16. The van der Waals surface area contributed by atoms with Crippen molar-refractivity contribution in [1.29, 1.82) is 0 Å². The Balaban J connectivity index is 2.54. The lowest BCUT2D eigenvalue weighted by atomic mass is 10.1. The van der Waals surface area contributed by atoms with E-state index < -0.39 is 11.6 Å². The summed E-state index contributed by atoms with van der Waals surface area (Å²) >= 11 is 5.73. The van der Waals surface area contributed by atoms with Crippen LogP contribution in [0.4, 0.5) is 8.78 Å². The molecule has 0 amide bonds. The molecule has 15 heavy (non-hydrogen) atoms. The molecule has 0 aliphatic heterocycles. The van der Waals surface area contributed by atoms with Gasteiger partial charge in [0.05, 0.1) is 0 Å². The van der Waals surface area contributed by atoms with E-state index in [2.05, 4.69) is 6.07 Å². The third-order valence-corrected chi connectivity index (χ3v) is 2.23. The van der Waals surface area contributed by atoms with Gasteiger partial charge in [-0.05, 0) is 23.8 Å². The minimum absolute atomic E-state index is 0.326. The van der Waals surface area contributed by atoms with Crippen molar-refractivity contribution in [3.8, 4) is 11.1 Å². The molecule has 0 saturated carbocycles. The van der Waals surface area contributed by atoms with Crippen LogP contribution in [0.5, 0.6) is 0 Å². The van der Waals surface area contributed by atoms with Crippen LogP contribution in [0.25, 0.3) is 11.1 Å². The second kappa shape index (κ2) is 3.99. The molecule has 1 radical (unpaired) electrons. The minimum atomic E-state index is -0.600. The van der Waals surface area contributed by atoms with Crippen LogP contribution in [0.2, 0.25) is 5.02 Å². The van der Waals surface area contributed by atoms with Crippen LogP contribution in [0, 0.1) is 17.7 Å². The summed E-state index contributed by atoms with van der Waals surface area (Å²) in [6, 6.07) is 11.0. The van der Waals surface area contributed by atoms with Crippen molar-refractivity contribution in [3.63, 3.8) is 0 Å². The molecule has 0 aromatic heterocycles. The molecule has 75 valence electrons.